The van der Waals surface area contributed by atoms with E-state index in [4.69, 9.17) is 9.97 Å². The van der Waals surface area contributed by atoms with Gasteiger partial charge in [0.2, 0.25) is 5.91 Å². The molecule has 4 heterocycles. The largest absolute Gasteiger partial charge is 0.390 e. The van der Waals surface area contributed by atoms with E-state index in [1.165, 1.54) is 22.9 Å². The van der Waals surface area contributed by atoms with Crippen LogP contribution in [-0.4, -0.2) is 44.6 Å². The Morgan fingerprint density at radius 2 is 1.79 bits per heavy atom. The number of hydrogen-bond acceptors (Lipinski definition) is 8. The standard InChI is InChI=1S/C29H32N6O2S/c1-18-26(38-22-7-12-30-24-23(22)33-27(37)29(34-24)8-4-9-29)32-21(17-36)25(31-18)35-13-10-28(11-14-35)15-19-5-2-3-6-20(19)16-28/h2-3,5-7,12,36H,4,8-11,13-17H2,1H3,(H,30,34)(H,33,37). The molecule has 9 heteroatoms. The summed E-state index contributed by atoms with van der Waals surface area (Å²) >= 11 is 1.45. The van der Waals surface area contributed by atoms with Crippen molar-refractivity contribution >= 4 is 35.0 Å². The van der Waals surface area contributed by atoms with Crippen LogP contribution in [0.2, 0.25) is 0 Å². The molecule has 1 saturated carbocycles. The van der Waals surface area contributed by atoms with E-state index in [-0.39, 0.29) is 12.5 Å². The summed E-state index contributed by atoms with van der Waals surface area (Å²) in [6, 6.07) is 10.7. The molecule has 0 radical (unpaired) electrons. The second kappa shape index (κ2) is 8.95. The van der Waals surface area contributed by atoms with Gasteiger partial charge < -0.3 is 20.6 Å². The van der Waals surface area contributed by atoms with Gasteiger partial charge in [0.25, 0.3) is 0 Å². The predicted octanol–water partition coefficient (Wildman–Crippen LogP) is 4.50. The lowest BCUT2D eigenvalue weighted by Gasteiger charge is -2.44. The van der Waals surface area contributed by atoms with E-state index in [0.717, 1.165) is 79.5 Å². The molecule has 7 rings (SSSR count). The zero-order chi connectivity index (χ0) is 25.9. The number of aryl methyl sites for hydroxylation is 1. The maximum Gasteiger partial charge on any atom is 0.250 e. The van der Waals surface area contributed by atoms with Crippen LogP contribution in [0.4, 0.5) is 17.3 Å². The highest BCUT2D eigenvalue weighted by molar-refractivity contribution is 7.99. The average Bonchev–Trinajstić information content (AvgIpc) is 3.26. The van der Waals surface area contributed by atoms with Crippen LogP contribution in [0.5, 0.6) is 0 Å². The maximum atomic E-state index is 12.8. The van der Waals surface area contributed by atoms with Crippen LogP contribution in [0, 0.1) is 12.3 Å². The maximum absolute atomic E-state index is 12.8. The van der Waals surface area contributed by atoms with Crippen molar-refractivity contribution in [3.63, 3.8) is 0 Å². The number of carbonyl (C=O) groups excluding carboxylic acids is 1. The fourth-order valence-electron chi connectivity index (χ4n) is 6.55. The van der Waals surface area contributed by atoms with E-state index >= 15 is 0 Å². The highest BCUT2D eigenvalue weighted by Crippen LogP contribution is 2.47. The Labute approximate surface area is 226 Å². The van der Waals surface area contributed by atoms with Crippen LogP contribution in [-0.2, 0) is 24.2 Å². The third-order valence-corrected chi connectivity index (χ3v) is 10.1. The van der Waals surface area contributed by atoms with Gasteiger partial charge in [0.15, 0.2) is 11.6 Å². The summed E-state index contributed by atoms with van der Waals surface area (Å²) in [5.41, 5.74) is 4.93. The molecule has 1 aromatic carbocycles. The number of aliphatic hydroxyl groups excluding tert-OH is 1. The number of nitrogens with zero attached hydrogens (tertiary/aromatic N) is 4. The Balaban J connectivity index is 1.11. The molecule has 4 aliphatic rings. The SMILES string of the molecule is Cc1nc(N2CCC3(CC2)Cc2ccccc2C3)c(CO)nc1Sc1ccnc2c1NC(=O)C1(CCC1)N2. The van der Waals surface area contributed by atoms with Crippen molar-refractivity contribution in [2.45, 2.75) is 73.9 Å². The Kier molecular flexibility index (Phi) is 5.63. The number of fused-ring (bicyclic) bond motifs is 2. The molecule has 2 aliphatic heterocycles. The lowest BCUT2D eigenvalue weighted by Crippen LogP contribution is -2.57. The van der Waals surface area contributed by atoms with Crippen molar-refractivity contribution in [1.82, 2.24) is 15.0 Å². The smallest absolute Gasteiger partial charge is 0.250 e. The summed E-state index contributed by atoms with van der Waals surface area (Å²) in [7, 11) is 0. The number of amides is 1. The molecule has 1 amide bonds. The predicted molar refractivity (Wildman–Crippen MR) is 148 cm³/mol. The molecule has 2 fully saturated rings. The minimum atomic E-state index is -0.515. The summed E-state index contributed by atoms with van der Waals surface area (Å²) in [4.78, 5) is 30.3. The normalized spacial score (nSPS) is 20.5. The average molecular weight is 529 g/mol. The summed E-state index contributed by atoms with van der Waals surface area (Å²) in [5, 5.41) is 17.5. The number of pyridine rings is 1. The molecule has 0 atom stereocenters. The summed E-state index contributed by atoms with van der Waals surface area (Å²) in [6.07, 6.45) is 9.00. The second-order valence-corrected chi connectivity index (χ2v) is 12.3. The molecule has 196 valence electrons. The number of aromatic nitrogens is 3. The zero-order valence-corrected chi connectivity index (χ0v) is 22.4. The van der Waals surface area contributed by atoms with E-state index in [1.54, 1.807) is 6.20 Å². The van der Waals surface area contributed by atoms with Crippen LogP contribution in [0.15, 0.2) is 46.5 Å². The van der Waals surface area contributed by atoms with Gasteiger partial charge in [-0.05, 0) is 74.5 Å². The van der Waals surface area contributed by atoms with E-state index < -0.39 is 5.54 Å². The van der Waals surface area contributed by atoms with Crippen molar-refractivity contribution in [3.05, 3.63) is 59.0 Å². The van der Waals surface area contributed by atoms with Gasteiger partial charge in [0, 0.05) is 24.2 Å². The Morgan fingerprint density at radius 1 is 1.05 bits per heavy atom. The number of rotatable bonds is 4. The number of anilines is 3. The van der Waals surface area contributed by atoms with Gasteiger partial charge in [0.05, 0.1) is 18.0 Å². The van der Waals surface area contributed by atoms with Crippen LogP contribution in [0.25, 0.3) is 0 Å². The minimum absolute atomic E-state index is 0.00790. The molecular weight excluding hydrogens is 496 g/mol. The van der Waals surface area contributed by atoms with E-state index in [1.807, 2.05) is 13.0 Å². The first-order valence-electron chi connectivity index (χ1n) is 13.5. The van der Waals surface area contributed by atoms with Gasteiger partial charge >= 0.3 is 0 Å². The lowest BCUT2D eigenvalue weighted by molar-refractivity contribution is -0.123. The van der Waals surface area contributed by atoms with Crippen molar-refractivity contribution in [1.29, 1.82) is 0 Å². The molecule has 0 bridgehead atoms. The third kappa shape index (κ3) is 3.86. The molecule has 2 spiro atoms. The second-order valence-electron chi connectivity index (χ2n) is 11.3. The van der Waals surface area contributed by atoms with Crippen molar-refractivity contribution < 1.29 is 9.90 Å². The Hall–Kier alpha value is -3.17. The van der Waals surface area contributed by atoms with Crippen LogP contribution in [0.3, 0.4) is 0 Å². The van der Waals surface area contributed by atoms with E-state index in [0.29, 0.717) is 22.6 Å². The highest BCUT2D eigenvalue weighted by Gasteiger charge is 2.48. The fraction of sp³-hybridized carbons (Fsp3) is 0.448. The molecule has 1 saturated heterocycles. The van der Waals surface area contributed by atoms with Gasteiger partial charge in [-0.2, -0.15) is 0 Å². The number of carbonyl (C=O) groups is 1. The molecule has 3 aromatic rings. The Morgan fingerprint density at radius 3 is 2.45 bits per heavy atom. The summed E-state index contributed by atoms with van der Waals surface area (Å²) < 4.78 is 0. The lowest BCUT2D eigenvalue weighted by atomic mass is 9.75. The monoisotopic (exact) mass is 528 g/mol. The van der Waals surface area contributed by atoms with Gasteiger partial charge in [-0.15, -0.1) is 0 Å². The molecule has 2 aliphatic carbocycles. The number of hydrogen-bond donors (Lipinski definition) is 3. The topological polar surface area (TPSA) is 103 Å². The van der Waals surface area contributed by atoms with Crippen LogP contribution >= 0.6 is 11.8 Å². The number of nitrogens with one attached hydrogen (secondary N) is 2. The zero-order valence-electron chi connectivity index (χ0n) is 21.6. The summed E-state index contributed by atoms with van der Waals surface area (Å²) in [6.45, 7) is 3.63. The number of piperidine rings is 1. The molecular formula is C29H32N6O2S. The fourth-order valence-corrected chi connectivity index (χ4v) is 7.48. The van der Waals surface area contributed by atoms with Crippen molar-refractivity contribution in [3.8, 4) is 0 Å². The van der Waals surface area contributed by atoms with Crippen LogP contribution < -0.4 is 15.5 Å². The minimum Gasteiger partial charge on any atom is -0.390 e. The van der Waals surface area contributed by atoms with Crippen LogP contribution in [0.1, 0.15) is 54.6 Å². The molecule has 3 N–H and O–H groups in total. The first kappa shape index (κ1) is 23.9. The first-order valence-corrected chi connectivity index (χ1v) is 14.4. The van der Waals surface area contributed by atoms with E-state index in [2.05, 4.69) is 44.8 Å². The van der Waals surface area contributed by atoms with Gasteiger partial charge in [-0.3, -0.25) is 4.79 Å². The Bertz CT molecular complexity index is 1400. The van der Waals surface area contributed by atoms with E-state index in [9.17, 15) is 9.90 Å². The van der Waals surface area contributed by atoms with Crippen molar-refractivity contribution in [2.24, 2.45) is 5.41 Å². The van der Waals surface area contributed by atoms with Gasteiger partial charge in [0.1, 0.15) is 16.3 Å². The van der Waals surface area contributed by atoms with Gasteiger partial charge in [-0.1, -0.05) is 36.0 Å². The molecule has 8 nitrogen and oxygen atoms in total. The molecule has 2 aromatic heterocycles. The van der Waals surface area contributed by atoms with Gasteiger partial charge in [-0.25, -0.2) is 15.0 Å². The first-order chi connectivity index (χ1) is 18.5. The highest BCUT2D eigenvalue weighted by atomic mass is 32.2. The molecule has 38 heavy (non-hydrogen) atoms. The van der Waals surface area contributed by atoms with Crippen molar-refractivity contribution in [2.75, 3.05) is 28.6 Å². The summed E-state index contributed by atoms with van der Waals surface area (Å²) in [5.74, 6) is 1.50. The number of aliphatic hydroxyl groups is 1. The third-order valence-electron chi connectivity index (χ3n) is 8.96. The number of benzene rings is 1. The quantitative estimate of drug-likeness (QED) is 0.455. The molecule has 0 unspecified atom stereocenters.